The van der Waals surface area contributed by atoms with Gasteiger partial charge in [0.1, 0.15) is 17.2 Å². The van der Waals surface area contributed by atoms with E-state index in [4.69, 9.17) is 0 Å². The Balaban J connectivity index is 2.31. The van der Waals surface area contributed by atoms with E-state index in [1.54, 1.807) is 12.4 Å². The van der Waals surface area contributed by atoms with E-state index in [-0.39, 0.29) is 11.8 Å². The Bertz CT molecular complexity index is 664. The van der Waals surface area contributed by atoms with Crippen molar-refractivity contribution in [3.05, 3.63) is 47.4 Å². The van der Waals surface area contributed by atoms with Gasteiger partial charge in [-0.15, -0.1) is 0 Å². The molecule has 0 unspecified atom stereocenters. The highest BCUT2D eigenvalue weighted by atomic mass is 19.2. The third-order valence-corrected chi connectivity index (χ3v) is 2.49. The lowest BCUT2D eigenvalue weighted by atomic mass is 10.2. The first-order valence-corrected chi connectivity index (χ1v) is 5.58. The average Bonchev–Trinajstić information content (AvgIpc) is 2.49. The smallest absolute Gasteiger partial charge is 0.276 e. The van der Waals surface area contributed by atoms with E-state index in [9.17, 15) is 22.4 Å². The maximum atomic E-state index is 13.4. The van der Waals surface area contributed by atoms with Gasteiger partial charge in [0.05, 0.1) is 12.4 Å². The van der Waals surface area contributed by atoms with Gasteiger partial charge in [0.2, 0.25) is 0 Å². The SMILES string of the molecule is CNc1cnc(C(=O)Nc2c(F)c(F)cc(F)c2F)cn1. The molecule has 0 bridgehead atoms. The van der Waals surface area contributed by atoms with Crippen molar-refractivity contribution in [2.75, 3.05) is 17.7 Å². The summed E-state index contributed by atoms with van der Waals surface area (Å²) in [5.41, 5.74) is -1.51. The summed E-state index contributed by atoms with van der Waals surface area (Å²) in [5, 5.41) is 4.37. The molecule has 2 aromatic rings. The molecule has 9 heteroatoms. The zero-order valence-corrected chi connectivity index (χ0v) is 10.5. The maximum Gasteiger partial charge on any atom is 0.276 e. The van der Waals surface area contributed by atoms with Gasteiger partial charge in [-0.3, -0.25) is 4.79 Å². The minimum absolute atomic E-state index is 0.0435. The Morgan fingerprint density at radius 2 is 1.67 bits per heavy atom. The van der Waals surface area contributed by atoms with Gasteiger partial charge < -0.3 is 10.6 Å². The third kappa shape index (κ3) is 2.91. The molecule has 1 heterocycles. The van der Waals surface area contributed by atoms with E-state index in [1.165, 1.54) is 6.20 Å². The number of aromatic nitrogens is 2. The van der Waals surface area contributed by atoms with Gasteiger partial charge in [0, 0.05) is 13.1 Å². The second-order valence-electron chi connectivity index (χ2n) is 3.83. The van der Waals surface area contributed by atoms with Gasteiger partial charge in [0.25, 0.3) is 5.91 Å². The predicted octanol–water partition coefficient (Wildman–Crippen LogP) is 2.33. The average molecular weight is 300 g/mol. The molecule has 0 atom stereocenters. The third-order valence-electron chi connectivity index (χ3n) is 2.49. The molecule has 2 rings (SSSR count). The zero-order chi connectivity index (χ0) is 15.6. The molecule has 1 aromatic heterocycles. The van der Waals surface area contributed by atoms with Crippen LogP contribution in [0.5, 0.6) is 0 Å². The summed E-state index contributed by atoms with van der Waals surface area (Å²) in [6, 6.07) is 0.0435. The summed E-state index contributed by atoms with van der Waals surface area (Å²) in [5.74, 6) is -7.36. The summed E-state index contributed by atoms with van der Waals surface area (Å²) in [6.07, 6.45) is 2.24. The van der Waals surface area contributed by atoms with Crippen LogP contribution in [0.3, 0.4) is 0 Å². The van der Waals surface area contributed by atoms with Crippen molar-refractivity contribution in [2.24, 2.45) is 0 Å². The summed E-state index contributed by atoms with van der Waals surface area (Å²) >= 11 is 0. The lowest BCUT2D eigenvalue weighted by molar-refractivity contribution is 0.102. The molecule has 0 radical (unpaired) electrons. The Hall–Kier alpha value is -2.71. The number of rotatable bonds is 3. The number of hydrogen-bond acceptors (Lipinski definition) is 4. The highest BCUT2D eigenvalue weighted by Crippen LogP contribution is 2.24. The molecule has 0 aliphatic rings. The predicted molar refractivity (Wildman–Crippen MR) is 65.8 cm³/mol. The standard InChI is InChI=1S/C12H8F4N4O/c1-17-8-4-18-7(3-19-8)12(21)20-11-9(15)5(13)2-6(14)10(11)16/h2-4H,1H3,(H,17,19)(H,20,21). The van der Waals surface area contributed by atoms with Crippen molar-refractivity contribution in [3.63, 3.8) is 0 Å². The summed E-state index contributed by atoms with van der Waals surface area (Å²) in [7, 11) is 1.57. The summed E-state index contributed by atoms with van der Waals surface area (Å²) < 4.78 is 52.8. The number of carbonyl (C=O) groups excluding carboxylic acids is 1. The quantitative estimate of drug-likeness (QED) is 0.674. The zero-order valence-electron chi connectivity index (χ0n) is 10.5. The van der Waals surface area contributed by atoms with Gasteiger partial charge in [-0.2, -0.15) is 0 Å². The second-order valence-corrected chi connectivity index (χ2v) is 3.83. The van der Waals surface area contributed by atoms with Crippen LogP contribution in [0, 0.1) is 23.3 Å². The van der Waals surface area contributed by atoms with E-state index in [0.717, 1.165) is 6.20 Å². The van der Waals surface area contributed by atoms with E-state index in [0.29, 0.717) is 5.82 Å². The number of nitrogens with one attached hydrogen (secondary N) is 2. The second kappa shape index (κ2) is 5.73. The highest BCUT2D eigenvalue weighted by molar-refractivity contribution is 6.02. The van der Waals surface area contributed by atoms with Gasteiger partial charge in [-0.05, 0) is 0 Å². The van der Waals surface area contributed by atoms with Gasteiger partial charge in [-0.1, -0.05) is 0 Å². The van der Waals surface area contributed by atoms with Crippen molar-refractivity contribution in [1.82, 2.24) is 9.97 Å². The largest absolute Gasteiger partial charge is 0.372 e. The van der Waals surface area contributed by atoms with Crippen LogP contribution >= 0.6 is 0 Å². The molecule has 0 aliphatic heterocycles. The fourth-order valence-electron chi connectivity index (χ4n) is 1.43. The van der Waals surface area contributed by atoms with Gasteiger partial charge in [-0.25, -0.2) is 27.5 Å². The van der Waals surface area contributed by atoms with Crippen LogP contribution in [0.4, 0.5) is 29.1 Å². The number of amides is 1. The minimum Gasteiger partial charge on any atom is -0.372 e. The number of carbonyl (C=O) groups is 1. The molecule has 2 N–H and O–H groups in total. The Labute approximate surface area is 116 Å². The van der Waals surface area contributed by atoms with Crippen LogP contribution in [0.15, 0.2) is 18.5 Å². The Kier molecular flexibility index (Phi) is 4.01. The monoisotopic (exact) mass is 300 g/mol. The maximum absolute atomic E-state index is 13.4. The molecule has 0 spiro atoms. The van der Waals surface area contributed by atoms with Crippen molar-refractivity contribution in [2.45, 2.75) is 0 Å². The lowest BCUT2D eigenvalue weighted by Crippen LogP contribution is -2.17. The number of anilines is 2. The van der Waals surface area contributed by atoms with E-state index < -0.39 is 34.9 Å². The number of hydrogen-bond donors (Lipinski definition) is 2. The molecule has 0 saturated carbocycles. The normalized spacial score (nSPS) is 10.3. The molecule has 0 aliphatic carbocycles. The first-order chi connectivity index (χ1) is 9.93. The summed E-state index contributed by atoms with van der Waals surface area (Å²) in [4.78, 5) is 19.2. The summed E-state index contributed by atoms with van der Waals surface area (Å²) in [6.45, 7) is 0. The minimum atomic E-state index is -1.71. The molecule has 1 aromatic carbocycles. The fraction of sp³-hybridized carbons (Fsp3) is 0.0833. The van der Waals surface area contributed by atoms with Crippen LogP contribution in [0.1, 0.15) is 10.5 Å². The van der Waals surface area contributed by atoms with Crippen LogP contribution < -0.4 is 10.6 Å². The highest BCUT2D eigenvalue weighted by Gasteiger charge is 2.21. The van der Waals surface area contributed by atoms with Crippen molar-refractivity contribution >= 4 is 17.4 Å². The molecular formula is C12H8F4N4O. The van der Waals surface area contributed by atoms with Crippen molar-refractivity contribution in [3.8, 4) is 0 Å². The molecule has 110 valence electrons. The van der Waals surface area contributed by atoms with Crippen LogP contribution in [-0.4, -0.2) is 22.9 Å². The molecule has 5 nitrogen and oxygen atoms in total. The topological polar surface area (TPSA) is 66.9 Å². The number of halogens is 4. The van der Waals surface area contributed by atoms with Crippen LogP contribution in [0.25, 0.3) is 0 Å². The Morgan fingerprint density at radius 3 is 2.14 bits per heavy atom. The fourth-order valence-corrected chi connectivity index (χ4v) is 1.43. The van der Waals surface area contributed by atoms with Crippen LogP contribution in [-0.2, 0) is 0 Å². The molecule has 0 fully saturated rings. The van der Waals surface area contributed by atoms with Gasteiger partial charge in [0.15, 0.2) is 23.3 Å². The first-order valence-electron chi connectivity index (χ1n) is 5.58. The lowest BCUT2D eigenvalue weighted by Gasteiger charge is -2.08. The molecule has 21 heavy (non-hydrogen) atoms. The number of nitrogens with zero attached hydrogens (tertiary/aromatic N) is 2. The van der Waals surface area contributed by atoms with E-state index >= 15 is 0 Å². The van der Waals surface area contributed by atoms with E-state index in [2.05, 4.69) is 15.3 Å². The molecule has 1 amide bonds. The molecular weight excluding hydrogens is 292 g/mol. The van der Waals surface area contributed by atoms with Crippen LogP contribution in [0.2, 0.25) is 0 Å². The molecule has 0 saturated heterocycles. The van der Waals surface area contributed by atoms with Crippen molar-refractivity contribution < 1.29 is 22.4 Å². The first kappa shape index (κ1) is 14.7. The van der Waals surface area contributed by atoms with Gasteiger partial charge >= 0.3 is 0 Å². The number of benzene rings is 1. The Morgan fingerprint density at radius 1 is 1.05 bits per heavy atom. The van der Waals surface area contributed by atoms with E-state index in [1.807, 2.05) is 0 Å². The van der Waals surface area contributed by atoms with Crippen molar-refractivity contribution in [1.29, 1.82) is 0 Å².